The summed E-state index contributed by atoms with van der Waals surface area (Å²) in [6, 6.07) is 17.5. The summed E-state index contributed by atoms with van der Waals surface area (Å²) in [5, 5.41) is 21.9. The van der Waals surface area contributed by atoms with Crippen LogP contribution in [0.25, 0.3) is 0 Å². The zero-order valence-corrected chi connectivity index (χ0v) is 18.3. The number of nitrogens with one attached hydrogen (secondary N) is 1. The summed E-state index contributed by atoms with van der Waals surface area (Å²) in [6.07, 6.45) is 1.13. The van der Waals surface area contributed by atoms with Crippen LogP contribution >= 0.6 is 0 Å². The van der Waals surface area contributed by atoms with E-state index in [0.29, 0.717) is 25.3 Å². The van der Waals surface area contributed by atoms with Crippen LogP contribution in [0.15, 0.2) is 64.8 Å². The Balaban J connectivity index is 1.40. The predicted octanol–water partition coefficient (Wildman–Crippen LogP) is 2.86. The summed E-state index contributed by atoms with van der Waals surface area (Å²) in [7, 11) is 3.46. The van der Waals surface area contributed by atoms with Crippen LogP contribution in [0.3, 0.4) is 0 Å². The largest absolute Gasteiger partial charge is 0.387 e. The Hall–Kier alpha value is -2.61. The van der Waals surface area contributed by atoms with Crippen LogP contribution in [0.2, 0.25) is 0 Å². The van der Waals surface area contributed by atoms with Gasteiger partial charge in [0.25, 0.3) is 5.91 Å². The minimum Gasteiger partial charge on any atom is -0.387 e. The molecule has 0 saturated heterocycles. The lowest BCUT2D eigenvalue weighted by atomic mass is 10.1. The number of aliphatic hydroxyl groups is 1. The van der Waals surface area contributed by atoms with E-state index in [9.17, 15) is 9.90 Å². The molecule has 2 aromatic carbocycles. The number of aliphatic hydroxyl groups excluding tert-OH is 1. The lowest BCUT2D eigenvalue weighted by molar-refractivity contribution is 0.0786. The van der Waals surface area contributed by atoms with Crippen LogP contribution in [-0.4, -0.2) is 68.4 Å². The first kappa shape index (κ1) is 23.1. The van der Waals surface area contributed by atoms with E-state index in [1.807, 2.05) is 54.6 Å². The van der Waals surface area contributed by atoms with Crippen LogP contribution < -0.4 is 5.32 Å². The van der Waals surface area contributed by atoms with Gasteiger partial charge in [0, 0.05) is 32.8 Å². The molecule has 0 spiro atoms. The van der Waals surface area contributed by atoms with Crippen molar-refractivity contribution in [3.63, 3.8) is 0 Å². The highest BCUT2D eigenvalue weighted by atomic mass is 16.5. The van der Waals surface area contributed by atoms with Crippen molar-refractivity contribution in [1.82, 2.24) is 10.2 Å². The monoisotopic (exact) mass is 424 g/mol. The summed E-state index contributed by atoms with van der Waals surface area (Å²) in [5.41, 5.74) is 2.73. The molecule has 0 saturated carbocycles. The number of hydrogen-bond acceptors (Lipinski definition) is 6. The topological polar surface area (TPSA) is 86.5 Å². The number of rotatable bonds is 11. The maximum Gasteiger partial charge on any atom is 0.253 e. The number of methoxy groups -OCH3 is 1. The van der Waals surface area contributed by atoms with Gasteiger partial charge in [-0.2, -0.15) is 10.2 Å². The molecular weight excluding hydrogens is 392 g/mol. The predicted molar refractivity (Wildman–Crippen MR) is 120 cm³/mol. The number of amides is 1. The van der Waals surface area contributed by atoms with Crippen molar-refractivity contribution in [2.75, 3.05) is 40.4 Å². The molecule has 166 valence electrons. The number of azo groups is 1. The van der Waals surface area contributed by atoms with Crippen LogP contribution in [0.5, 0.6) is 0 Å². The number of benzene rings is 2. The van der Waals surface area contributed by atoms with Gasteiger partial charge in [0.1, 0.15) is 0 Å². The van der Waals surface area contributed by atoms with Crippen molar-refractivity contribution >= 4 is 5.91 Å². The van der Waals surface area contributed by atoms with E-state index in [-0.39, 0.29) is 18.0 Å². The molecule has 7 nitrogen and oxygen atoms in total. The Labute approximate surface area is 184 Å². The fourth-order valence-electron chi connectivity index (χ4n) is 3.70. The van der Waals surface area contributed by atoms with E-state index in [0.717, 1.165) is 30.5 Å². The molecule has 3 unspecified atom stereocenters. The summed E-state index contributed by atoms with van der Waals surface area (Å²) in [5.74, 6) is -0.0129. The van der Waals surface area contributed by atoms with Gasteiger partial charge in [0.2, 0.25) is 0 Å². The maximum absolute atomic E-state index is 12.7. The van der Waals surface area contributed by atoms with E-state index in [4.69, 9.17) is 4.74 Å². The number of hydrogen-bond donors (Lipinski definition) is 2. The van der Waals surface area contributed by atoms with Crippen LogP contribution in [0, 0.1) is 0 Å². The maximum atomic E-state index is 12.7. The minimum absolute atomic E-state index is 0.0129. The molecule has 1 aliphatic heterocycles. The van der Waals surface area contributed by atoms with Crippen LogP contribution in [0.4, 0.5) is 0 Å². The fraction of sp³-hybridized carbons (Fsp3) is 0.458. The fourth-order valence-corrected chi connectivity index (χ4v) is 3.70. The highest BCUT2D eigenvalue weighted by Gasteiger charge is 2.25. The van der Waals surface area contributed by atoms with E-state index in [1.165, 1.54) is 0 Å². The molecule has 0 aliphatic carbocycles. The normalized spacial score (nSPS) is 18.8. The SMILES string of the molecule is COCC1CC(CN(C)C(=O)c2ccc(CCNCC(O)c3ccccc3)cc2)N=N1. The van der Waals surface area contributed by atoms with Gasteiger partial charge in [0.05, 0.1) is 24.8 Å². The average Bonchev–Trinajstić information content (AvgIpc) is 3.24. The Morgan fingerprint density at radius 3 is 2.58 bits per heavy atom. The van der Waals surface area contributed by atoms with Gasteiger partial charge >= 0.3 is 0 Å². The number of carbonyl (C=O) groups is 1. The van der Waals surface area contributed by atoms with Crippen molar-refractivity contribution in [3.05, 3.63) is 71.3 Å². The molecule has 2 N–H and O–H groups in total. The zero-order chi connectivity index (χ0) is 22.1. The van der Waals surface area contributed by atoms with Crippen LogP contribution in [0.1, 0.15) is 34.0 Å². The molecule has 1 aliphatic rings. The number of carbonyl (C=O) groups excluding carboxylic acids is 1. The number of ether oxygens (including phenoxy) is 1. The Kier molecular flexibility index (Phi) is 8.70. The molecule has 31 heavy (non-hydrogen) atoms. The number of nitrogens with zero attached hydrogens (tertiary/aromatic N) is 3. The second-order valence-electron chi connectivity index (χ2n) is 7.99. The van der Waals surface area contributed by atoms with Gasteiger partial charge in [-0.15, -0.1) is 0 Å². The Bertz CT molecular complexity index is 842. The van der Waals surface area contributed by atoms with Crippen molar-refractivity contribution < 1.29 is 14.6 Å². The van der Waals surface area contributed by atoms with Crippen LogP contribution in [-0.2, 0) is 11.2 Å². The smallest absolute Gasteiger partial charge is 0.253 e. The molecule has 3 rings (SSSR count). The third-order valence-corrected chi connectivity index (χ3v) is 5.44. The first-order valence-corrected chi connectivity index (χ1v) is 10.7. The van der Waals surface area contributed by atoms with Gasteiger partial charge < -0.3 is 20.1 Å². The van der Waals surface area contributed by atoms with Gasteiger partial charge in [-0.1, -0.05) is 42.5 Å². The number of likely N-dealkylation sites (N-methyl/N-ethyl adjacent to an activating group) is 1. The van der Waals surface area contributed by atoms with E-state index in [2.05, 4.69) is 15.5 Å². The molecule has 0 aromatic heterocycles. The standard InChI is InChI=1S/C24H32N4O3/c1-28(16-21-14-22(17-31-2)27-26-21)24(30)20-10-8-18(9-11-20)12-13-25-15-23(29)19-6-4-3-5-7-19/h3-11,21-23,25,29H,12-17H2,1-2H3. The van der Waals surface area contributed by atoms with Gasteiger partial charge in [-0.3, -0.25) is 4.79 Å². The molecule has 7 heteroatoms. The molecule has 0 fully saturated rings. The summed E-state index contributed by atoms with van der Waals surface area (Å²) >= 11 is 0. The quantitative estimate of drug-likeness (QED) is 0.543. The molecule has 0 bridgehead atoms. The van der Waals surface area contributed by atoms with Crippen molar-refractivity contribution in [1.29, 1.82) is 0 Å². The third kappa shape index (κ3) is 6.95. The summed E-state index contributed by atoms with van der Waals surface area (Å²) in [4.78, 5) is 14.4. The van der Waals surface area contributed by atoms with Crippen molar-refractivity contribution in [3.8, 4) is 0 Å². The summed E-state index contributed by atoms with van der Waals surface area (Å²) < 4.78 is 5.12. The van der Waals surface area contributed by atoms with E-state index in [1.54, 1.807) is 19.1 Å². The molecule has 2 aromatic rings. The molecule has 3 atom stereocenters. The molecule has 0 radical (unpaired) electrons. The van der Waals surface area contributed by atoms with Crippen molar-refractivity contribution in [2.24, 2.45) is 10.2 Å². The summed E-state index contributed by atoms with van der Waals surface area (Å²) in [6.45, 7) is 2.39. The average molecular weight is 425 g/mol. The first-order chi connectivity index (χ1) is 15.1. The lowest BCUT2D eigenvalue weighted by Gasteiger charge is -2.20. The highest BCUT2D eigenvalue weighted by molar-refractivity contribution is 5.94. The van der Waals surface area contributed by atoms with Gasteiger partial charge in [-0.25, -0.2) is 0 Å². The van der Waals surface area contributed by atoms with E-state index >= 15 is 0 Å². The Morgan fingerprint density at radius 2 is 1.87 bits per heavy atom. The van der Waals surface area contributed by atoms with E-state index < -0.39 is 6.10 Å². The van der Waals surface area contributed by atoms with Gasteiger partial charge in [0.15, 0.2) is 0 Å². The second-order valence-corrected chi connectivity index (χ2v) is 7.99. The molecule has 1 amide bonds. The highest BCUT2D eigenvalue weighted by Crippen LogP contribution is 2.18. The zero-order valence-electron chi connectivity index (χ0n) is 18.3. The molecule has 1 heterocycles. The lowest BCUT2D eigenvalue weighted by Crippen LogP contribution is -2.33. The second kappa shape index (κ2) is 11.7. The Morgan fingerprint density at radius 1 is 1.16 bits per heavy atom. The third-order valence-electron chi connectivity index (χ3n) is 5.44. The molecular formula is C24H32N4O3. The van der Waals surface area contributed by atoms with Crippen molar-refractivity contribution in [2.45, 2.75) is 31.0 Å². The minimum atomic E-state index is -0.513. The first-order valence-electron chi connectivity index (χ1n) is 10.7. The van der Waals surface area contributed by atoms with Gasteiger partial charge in [-0.05, 0) is 42.6 Å².